The highest BCUT2D eigenvalue weighted by Gasteiger charge is 2.35. The molecule has 0 aromatic heterocycles. The van der Waals surface area contributed by atoms with E-state index in [1.807, 2.05) is 53.4 Å². The van der Waals surface area contributed by atoms with Crippen molar-refractivity contribution in [3.05, 3.63) is 54.1 Å². The van der Waals surface area contributed by atoms with Crippen molar-refractivity contribution >= 4 is 29.7 Å². The summed E-state index contributed by atoms with van der Waals surface area (Å²) < 4.78 is 5.18. The number of hydrogen-bond donors (Lipinski definition) is 2. The molecule has 6 heteroatoms. The van der Waals surface area contributed by atoms with Crippen molar-refractivity contribution in [2.45, 2.75) is 13.3 Å². The van der Waals surface area contributed by atoms with E-state index in [1.165, 1.54) is 0 Å². The molecule has 3 rings (SSSR count). The lowest BCUT2D eigenvalue weighted by Gasteiger charge is -2.23. The molecule has 2 aromatic rings. The van der Waals surface area contributed by atoms with Gasteiger partial charge in [0.05, 0.1) is 18.4 Å². The number of carbonyl (C=O) groups is 1. The number of benzene rings is 2. The second kappa shape index (κ2) is 8.43. The molecule has 0 bridgehead atoms. The normalized spacial score (nSPS) is 19.0. The molecule has 1 aliphatic rings. The number of nitrogens with two attached hydrogens (primary N) is 1. The number of nitrogens with one attached hydrogen (secondary N) is 1. The number of carbonyl (C=O) groups excluding carboxylic acids is 1. The van der Waals surface area contributed by atoms with Crippen molar-refractivity contribution in [3.8, 4) is 5.75 Å². The minimum atomic E-state index is 0. The number of hydrogen-bond acceptors (Lipinski definition) is 4. The molecule has 1 heterocycles. The van der Waals surface area contributed by atoms with E-state index < -0.39 is 0 Å². The highest BCUT2D eigenvalue weighted by molar-refractivity contribution is 6.00. The average molecular weight is 376 g/mol. The third kappa shape index (κ3) is 4.29. The Balaban J connectivity index is 0.00000243. The Hall–Kier alpha value is -2.24. The summed E-state index contributed by atoms with van der Waals surface area (Å²) in [5.41, 5.74) is 8.28. The van der Waals surface area contributed by atoms with Gasteiger partial charge in [0, 0.05) is 18.8 Å². The summed E-state index contributed by atoms with van der Waals surface area (Å²) in [6, 6.07) is 15.3. The minimum absolute atomic E-state index is 0. The quantitative estimate of drug-likeness (QED) is 0.836. The fourth-order valence-electron chi connectivity index (χ4n) is 3.14. The van der Waals surface area contributed by atoms with E-state index in [-0.39, 0.29) is 23.7 Å². The third-order valence-electron chi connectivity index (χ3n) is 4.86. The number of ether oxygens (including phenoxy) is 1. The lowest BCUT2D eigenvalue weighted by Crippen LogP contribution is -2.34. The van der Waals surface area contributed by atoms with Crippen LogP contribution in [0.15, 0.2) is 48.5 Å². The van der Waals surface area contributed by atoms with Crippen LogP contribution in [-0.4, -0.2) is 37.6 Å². The van der Waals surface area contributed by atoms with Gasteiger partial charge in [0.15, 0.2) is 0 Å². The Morgan fingerprint density at radius 1 is 1.23 bits per heavy atom. The lowest BCUT2D eigenvalue weighted by molar-refractivity contribution is 0.0778. The molecular formula is C20H26ClN3O2. The van der Waals surface area contributed by atoms with E-state index in [4.69, 9.17) is 10.5 Å². The van der Waals surface area contributed by atoms with E-state index in [2.05, 4.69) is 12.2 Å². The van der Waals surface area contributed by atoms with Crippen LogP contribution in [-0.2, 0) is 0 Å². The Morgan fingerprint density at radius 2 is 1.92 bits per heavy atom. The van der Waals surface area contributed by atoms with Crippen LogP contribution in [0.2, 0.25) is 0 Å². The van der Waals surface area contributed by atoms with Gasteiger partial charge in [-0.3, -0.25) is 4.79 Å². The zero-order valence-corrected chi connectivity index (χ0v) is 16.0. The van der Waals surface area contributed by atoms with Gasteiger partial charge in [-0.05, 0) is 54.8 Å². The minimum Gasteiger partial charge on any atom is -0.497 e. The average Bonchev–Trinajstić information content (AvgIpc) is 3.05. The van der Waals surface area contributed by atoms with Gasteiger partial charge in [-0.2, -0.15) is 0 Å². The van der Waals surface area contributed by atoms with Gasteiger partial charge in [-0.15, -0.1) is 12.4 Å². The number of halogens is 1. The summed E-state index contributed by atoms with van der Waals surface area (Å²) in [5, 5.41) is 3.34. The first-order valence-corrected chi connectivity index (χ1v) is 8.54. The van der Waals surface area contributed by atoms with Gasteiger partial charge in [0.2, 0.25) is 0 Å². The van der Waals surface area contributed by atoms with Crippen LogP contribution in [0.1, 0.15) is 23.7 Å². The number of likely N-dealkylation sites (tertiary alicyclic amines) is 1. The number of para-hydroxylation sites is 1. The van der Waals surface area contributed by atoms with Gasteiger partial charge < -0.3 is 20.7 Å². The van der Waals surface area contributed by atoms with E-state index in [9.17, 15) is 4.79 Å². The monoisotopic (exact) mass is 375 g/mol. The summed E-state index contributed by atoms with van der Waals surface area (Å²) in [7, 11) is 1.64. The Bertz CT molecular complexity index is 751. The third-order valence-corrected chi connectivity index (χ3v) is 4.86. The first-order chi connectivity index (χ1) is 12.0. The summed E-state index contributed by atoms with van der Waals surface area (Å²) in [4.78, 5) is 14.9. The summed E-state index contributed by atoms with van der Waals surface area (Å²) in [6.07, 6.45) is 0.948. The van der Waals surface area contributed by atoms with Crippen LogP contribution >= 0.6 is 12.4 Å². The fraction of sp³-hybridized carbons (Fsp3) is 0.350. The molecule has 2 aromatic carbocycles. The predicted molar refractivity (Wildman–Crippen MR) is 108 cm³/mol. The van der Waals surface area contributed by atoms with Crippen LogP contribution < -0.4 is 15.8 Å². The van der Waals surface area contributed by atoms with Gasteiger partial charge in [0.25, 0.3) is 5.91 Å². The number of nitrogens with zero attached hydrogens (tertiary/aromatic N) is 1. The molecule has 0 spiro atoms. The smallest absolute Gasteiger partial charge is 0.255 e. The molecule has 1 fully saturated rings. The maximum Gasteiger partial charge on any atom is 0.255 e. The number of amides is 1. The van der Waals surface area contributed by atoms with Crippen molar-refractivity contribution in [2.24, 2.45) is 11.1 Å². The zero-order valence-electron chi connectivity index (χ0n) is 15.2. The van der Waals surface area contributed by atoms with Crippen LogP contribution in [0.5, 0.6) is 5.75 Å². The maximum absolute atomic E-state index is 13.0. The SMILES string of the molecule is COc1ccc(Nc2ccccc2C(=O)N2CCC(C)(CN)C2)cc1.Cl. The van der Waals surface area contributed by atoms with Gasteiger partial charge >= 0.3 is 0 Å². The molecule has 3 N–H and O–H groups in total. The van der Waals surface area contributed by atoms with Crippen molar-refractivity contribution in [3.63, 3.8) is 0 Å². The van der Waals surface area contributed by atoms with E-state index in [1.54, 1.807) is 7.11 Å². The second-order valence-electron chi connectivity index (χ2n) is 6.89. The largest absolute Gasteiger partial charge is 0.497 e. The summed E-state index contributed by atoms with van der Waals surface area (Å²) >= 11 is 0. The molecule has 26 heavy (non-hydrogen) atoms. The Morgan fingerprint density at radius 3 is 2.54 bits per heavy atom. The van der Waals surface area contributed by atoms with Crippen LogP contribution in [0.4, 0.5) is 11.4 Å². The molecule has 1 atom stereocenters. The van der Waals surface area contributed by atoms with E-state index in [0.717, 1.165) is 30.1 Å². The van der Waals surface area contributed by atoms with Crippen molar-refractivity contribution in [1.82, 2.24) is 4.90 Å². The first kappa shape index (κ1) is 20.1. The van der Waals surface area contributed by atoms with Crippen molar-refractivity contribution < 1.29 is 9.53 Å². The molecule has 1 amide bonds. The highest BCUT2D eigenvalue weighted by atomic mass is 35.5. The van der Waals surface area contributed by atoms with Crippen molar-refractivity contribution in [2.75, 3.05) is 32.1 Å². The molecule has 1 saturated heterocycles. The predicted octanol–water partition coefficient (Wildman–Crippen LogP) is 3.67. The van der Waals surface area contributed by atoms with Crippen LogP contribution in [0.3, 0.4) is 0 Å². The van der Waals surface area contributed by atoms with Gasteiger partial charge in [-0.25, -0.2) is 0 Å². The molecular weight excluding hydrogens is 350 g/mol. The second-order valence-corrected chi connectivity index (χ2v) is 6.89. The topological polar surface area (TPSA) is 67.6 Å². The molecule has 140 valence electrons. The van der Waals surface area contributed by atoms with Crippen molar-refractivity contribution in [1.29, 1.82) is 0 Å². The van der Waals surface area contributed by atoms with Crippen LogP contribution in [0, 0.1) is 5.41 Å². The summed E-state index contributed by atoms with van der Waals surface area (Å²) in [5.74, 6) is 0.849. The molecule has 0 saturated carbocycles. The lowest BCUT2D eigenvalue weighted by atomic mass is 9.90. The zero-order chi connectivity index (χ0) is 17.9. The number of anilines is 2. The maximum atomic E-state index is 13.0. The molecule has 0 radical (unpaired) electrons. The van der Waals surface area contributed by atoms with Gasteiger partial charge in [-0.1, -0.05) is 19.1 Å². The first-order valence-electron chi connectivity index (χ1n) is 8.54. The van der Waals surface area contributed by atoms with E-state index >= 15 is 0 Å². The molecule has 5 nitrogen and oxygen atoms in total. The molecule has 1 aliphatic heterocycles. The highest BCUT2D eigenvalue weighted by Crippen LogP contribution is 2.31. The molecule has 1 unspecified atom stereocenters. The van der Waals surface area contributed by atoms with Gasteiger partial charge in [0.1, 0.15) is 5.75 Å². The Kier molecular flexibility index (Phi) is 6.51. The standard InChI is InChI=1S/C20H25N3O2.ClH/c1-20(13-21)11-12-23(14-20)19(24)17-5-3-4-6-18(17)22-15-7-9-16(25-2)10-8-15;/h3-10,22H,11-14,21H2,1-2H3;1H. The fourth-order valence-corrected chi connectivity index (χ4v) is 3.14. The van der Waals surface area contributed by atoms with E-state index in [0.29, 0.717) is 18.7 Å². The number of methoxy groups -OCH3 is 1. The molecule has 0 aliphatic carbocycles. The number of rotatable bonds is 5. The van der Waals surface area contributed by atoms with Crippen LogP contribution in [0.25, 0.3) is 0 Å². The summed E-state index contributed by atoms with van der Waals surface area (Å²) in [6.45, 7) is 4.20. The Labute approximate surface area is 160 Å².